The summed E-state index contributed by atoms with van der Waals surface area (Å²) < 4.78 is 0. The molecule has 1 aromatic heterocycles. The molecule has 0 spiro atoms. The number of hydrogen-bond donors (Lipinski definition) is 0. The molecule has 1 aliphatic rings. The van der Waals surface area contributed by atoms with Crippen LogP contribution >= 0.6 is 11.6 Å². The second-order valence-electron chi connectivity index (χ2n) is 3.80. The molecule has 3 heteroatoms. The van der Waals surface area contributed by atoms with E-state index in [1.54, 1.807) is 0 Å². The van der Waals surface area contributed by atoms with Gasteiger partial charge in [0.2, 0.25) is 0 Å². The van der Waals surface area contributed by atoms with E-state index in [-0.39, 0.29) is 0 Å². The highest BCUT2D eigenvalue weighted by molar-refractivity contribution is 6.17. The smallest absolute Gasteiger partial charge is 0.133 e. The van der Waals surface area contributed by atoms with Gasteiger partial charge in [0.15, 0.2) is 0 Å². The topological polar surface area (TPSA) is 16.1 Å². The first-order valence-electron chi connectivity index (χ1n) is 5.09. The third kappa shape index (κ3) is 1.71. The third-order valence-electron chi connectivity index (χ3n) is 2.84. The van der Waals surface area contributed by atoms with Crippen molar-refractivity contribution < 1.29 is 0 Å². The Balaban J connectivity index is 2.30. The van der Waals surface area contributed by atoms with Gasteiger partial charge in [-0.15, -0.1) is 11.6 Å². The molecule has 0 saturated carbocycles. The summed E-state index contributed by atoms with van der Waals surface area (Å²) in [5, 5.41) is 0. The number of anilines is 1. The largest absolute Gasteiger partial charge is 0.354 e. The summed E-state index contributed by atoms with van der Waals surface area (Å²) in [7, 11) is 0. The molecule has 1 saturated heterocycles. The van der Waals surface area contributed by atoms with Gasteiger partial charge in [-0.3, -0.25) is 0 Å². The van der Waals surface area contributed by atoms with Gasteiger partial charge >= 0.3 is 0 Å². The molecule has 14 heavy (non-hydrogen) atoms. The average Bonchev–Trinajstić information content (AvgIpc) is 2.64. The van der Waals surface area contributed by atoms with Gasteiger partial charge in [0.05, 0.1) is 5.88 Å². The van der Waals surface area contributed by atoms with Crippen molar-refractivity contribution >= 4 is 17.4 Å². The van der Waals surface area contributed by atoms with Gasteiger partial charge in [-0.05, 0) is 25.8 Å². The van der Waals surface area contributed by atoms with Crippen LogP contribution in [0, 0.1) is 0 Å². The summed E-state index contributed by atoms with van der Waals surface area (Å²) >= 11 is 5.89. The standard InChI is InChI=1S/C11H15ClN2/c1-9-4-3-7-14(9)11-10(8-12)5-2-6-13-11/h2,5-6,9H,3-4,7-8H2,1H3. The molecule has 0 radical (unpaired) electrons. The lowest BCUT2D eigenvalue weighted by molar-refractivity contribution is 0.725. The van der Waals surface area contributed by atoms with Crippen LogP contribution in [0.2, 0.25) is 0 Å². The van der Waals surface area contributed by atoms with E-state index >= 15 is 0 Å². The van der Waals surface area contributed by atoms with Crippen molar-refractivity contribution in [1.29, 1.82) is 0 Å². The Morgan fingerprint density at radius 3 is 3.14 bits per heavy atom. The van der Waals surface area contributed by atoms with Crippen molar-refractivity contribution in [3.8, 4) is 0 Å². The predicted molar refractivity (Wildman–Crippen MR) is 59.8 cm³/mol. The number of halogens is 1. The lowest BCUT2D eigenvalue weighted by Crippen LogP contribution is -2.28. The molecule has 0 aliphatic carbocycles. The molecule has 0 N–H and O–H groups in total. The summed E-state index contributed by atoms with van der Waals surface area (Å²) in [6.45, 7) is 3.36. The van der Waals surface area contributed by atoms with Crippen LogP contribution in [0.3, 0.4) is 0 Å². The summed E-state index contributed by atoms with van der Waals surface area (Å²) in [6.07, 6.45) is 4.37. The van der Waals surface area contributed by atoms with Gasteiger partial charge in [-0.2, -0.15) is 0 Å². The number of hydrogen-bond acceptors (Lipinski definition) is 2. The first kappa shape index (κ1) is 9.78. The highest BCUT2D eigenvalue weighted by Crippen LogP contribution is 2.26. The normalized spacial score (nSPS) is 21.6. The van der Waals surface area contributed by atoms with E-state index in [0.29, 0.717) is 11.9 Å². The van der Waals surface area contributed by atoms with Crippen LogP contribution in [0.1, 0.15) is 25.3 Å². The number of nitrogens with zero attached hydrogens (tertiary/aromatic N) is 2. The molecule has 2 nitrogen and oxygen atoms in total. The lowest BCUT2D eigenvalue weighted by atomic mass is 10.2. The molecule has 1 atom stereocenters. The quantitative estimate of drug-likeness (QED) is 0.698. The Hall–Kier alpha value is -0.760. The van der Waals surface area contributed by atoms with E-state index in [4.69, 9.17) is 11.6 Å². The zero-order valence-corrected chi connectivity index (χ0v) is 9.17. The maximum absolute atomic E-state index is 5.89. The fourth-order valence-electron chi connectivity index (χ4n) is 2.04. The predicted octanol–water partition coefficient (Wildman–Crippen LogP) is 2.81. The fraction of sp³-hybridized carbons (Fsp3) is 0.545. The molecule has 2 rings (SSSR count). The van der Waals surface area contributed by atoms with Gasteiger partial charge in [0.1, 0.15) is 5.82 Å². The Morgan fingerprint density at radius 1 is 1.64 bits per heavy atom. The first-order valence-corrected chi connectivity index (χ1v) is 5.63. The minimum atomic E-state index is 0.548. The van der Waals surface area contributed by atoms with E-state index in [1.165, 1.54) is 12.8 Å². The van der Waals surface area contributed by atoms with Crippen molar-refractivity contribution in [1.82, 2.24) is 4.98 Å². The molecule has 1 unspecified atom stereocenters. The van der Waals surface area contributed by atoms with Crippen molar-refractivity contribution in [3.63, 3.8) is 0 Å². The number of rotatable bonds is 2. The van der Waals surface area contributed by atoms with Crippen LogP contribution in [-0.2, 0) is 5.88 Å². The molecule has 0 bridgehead atoms. The molecule has 0 aromatic carbocycles. The number of alkyl halides is 1. The number of aromatic nitrogens is 1. The molecule has 76 valence electrons. The van der Waals surface area contributed by atoms with E-state index in [9.17, 15) is 0 Å². The molecule has 2 heterocycles. The van der Waals surface area contributed by atoms with E-state index in [2.05, 4.69) is 22.9 Å². The van der Waals surface area contributed by atoms with Gasteiger partial charge in [0.25, 0.3) is 0 Å². The van der Waals surface area contributed by atoms with Crippen LogP contribution in [-0.4, -0.2) is 17.6 Å². The third-order valence-corrected chi connectivity index (χ3v) is 3.12. The van der Waals surface area contributed by atoms with E-state index in [1.807, 2.05) is 12.3 Å². The summed E-state index contributed by atoms with van der Waals surface area (Å²) in [5.41, 5.74) is 1.14. The van der Waals surface area contributed by atoms with Crippen molar-refractivity contribution in [2.45, 2.75) is 31.7 Å². The highest BCUT2D eigenvalue weighted by Gasteiger charge is 2.22. The minimum Gasteiger partial charge on any atom is -0.354 e. The second-order valence-corrected chi connectivity index (χ2v) is 4.07. The minimum absolute atomic E-state index is 0.548. The maximum atomic E-state index is 5.89. The highest BCUT2D eigenvalue weighted by atomic mass is 35.5. The second kappa shape index (κ2) is 4.18. The summed E-state index contributed by atoms with van der Waals surface area (Å²) in [4.78, 5) is 6.78. The summed E-state index contributed by atoms with van der Waals surface area (Å²) in [6, 6.07) is 4.61. The molecule has 1 fully saturated rings. The van der Waals surface area contributed by atoms with Gasteiger partial charge < -0.3 is 4.90 Å². The zero-order valence-electron chi connectivity index (χ0n) is 8.41. The van der Waals surface area contributed by atoms with Gasteiger partial charge in [-0.25, -0.2) is 4.98 Å². The zero-order chi connectivity index (χ0) is 9.97. The van der Waals surface area contributed by atoms with E-state index < -0.39 is 0 Å². The van der Waals surface area contributed by atoms with Crippen LogP contribution in [0.4, 0.5) is 5.82 Å². The summed E-state index contributed by atoms with van der Waals surface area (Å²) in [5.74, 6) is 1.62. The Kier molecular flexibility index (Phi) is 2.92. The van der Waals surface area contributed by atoms with Gasteiger partial charge in [0, 0.05) is 24.3 Å². The average molecular weight is 211 g/mol. The van der Waals surface area contributed by atoms with Crippen molar-refractivity contribution in [2.24, 2.45) is 0 Å². The van der Waals surface area contributed by atoms with E-state index in [0.717, 1.165) is 17.9 Å². The van der Waals surface area contributed by atoms with Crippen LogP contribution in [0.5, 0.6) is 0 Å². The van der Waals surface area contributed by atoms with Crippen LogP contribution in [0.25, 0.3) is 0 Å². The SMILES string of the molecule is CC1CCCN1c1ncccc1CCl. The molecule has 1 aliphatic heterocycles. The monoisotopic (exact) mass is 210 g/mol. The van der Waals surface area contributed by atoms with Crippen molar-refractivity contribution in [2.75, 3.05) is 11.4 Å². The molecule has 0 amide bonds. The maximum Gasteiger partial charge on any atom is 0.133 e. The van der Waals surface area contributed by atoms with Gasteiger partial charge in [-0.1, -0.05) is 6.07 Å². The number of pyridine rings is 1. The van der Waals surface area contributed by atoms with Crippen LogP contribution in [0.15, 0.2) is 18.3 Å². The van der Waals surface area contributed by atoms with Crippen molar-refractivity contribution in [3.05, 3.63) is 23.9 Å². The van der Waals surface area contributed by atoms with Crippen LogP contribution < -0.4 is 4.90 Å². The first-order chi connectivity index (χ1) is 6.83. The fourth-order valence-corrected chi connectivity index (χ4v) is 2.25. The Bertz CT molecular complexity index is 314. The lowest BCUT2D eigenvalue weighted by Gasteiger charge is -2.24. The molecular weight excluding hydrogens is 196 g/mol. The Morgan fingerprint density at radius 2 is 2.50 bits per heavy atom. The Labute approximate surface area is 89.9 Å². The molecular formula is C11H15ClN2. The molecule has 1 aromatic rings.